The molecule has 8 nitrogen and oxygen atoms in total. The second kappa shape index (κ2) is 13.3. The normalized spacial score (nSPS) is 13.9. The molecule has 0 unspecified atom stereocenters. The van der Waals surface area contributed by atoms with Crippen molar-refractivity contribution < 1.29 is 14.0 Å². The summed E-state index contributed by atoms with van der Waals surface area (Å²) in [4.78, 5) is 28.4. The van der Waals surface area contributed by atoms with E-state index in [1.807, 2.05) is 97.6 Å². The number of nitrogens with zero attached hydrogens (tertiary/aromatic N) is 3. The van der Waals surface area contributed by atoms with E-state index in [1.54, 1.807) is 4.68 Å². The molecule has 8 heteroatoms. The van der Waals surface area contributed by atoms with Crippen molar-refractivity contribution in [1.29, 1.82) is 0 Å². The van der Waals surface area contributed by atoms with E-state index in [1.165, 1.54) is 5.56 Å². The molecule has 1 fully saturated rings. The minimum atomic E-state index is -0.327. The number of benzene rings is 3. The highest BCUT2D eigenvalue weighted by Gasteiger charge is 2.27. The van der Waals surface area contributed by atoms with Crippen LogP contribution in [0.2, 0.25) is 0 Å². The number of hydrogen-bond acceptors (Lipinski definition) is 4. The Morgan fingerprint density at radius 1 is 0.872 bits per heavy atom. The van der Waals surface area contributed by atoms with Crippen LogP contribution in [0, 0.1) is 19.8 Å². The van der Waals surface area contributed by atoms with Crippen LogP contribution in [0.1, 0.15) is 66.6 Å². The topological polar surface area (TPSA) is 92.4 Å². The summed E-state index contributed by atoms with van der Waals surface area (Å²) < 4.78 is 7.71. The van der Waals surface area contributed by atoms with Crippen LogP contribution in [0.25, 0.3) is 17.0 Å². The van der Waals surface area contributed by atoms with E-state index >= 15 is 0 Å². The molecule has 3 heterocycles. The van der Waals surface area contributed by atoms with Gasteiger partial charge in [0.05, 0.1) is 16.9 Å². The van der Waals surface area contributed by atoms with Crippen molar-refractivity contribution in [2.24, 2.45) is 5.92 Å². The van der Waals surface area contributed by atoms with Crippen molar-refractivity contribution in [2.75, 3.05) is 23.7 Å². The van der Waals surface area contributed by atoms with E-state index in [-0.39, 0.29) is 17.4 Å². The van der Waals surface area contributed by atoms with E-state index in [4.69, 9.17) is 9.52 Å². The Balaban J connectivity index is 1.02. The van der Waals surface area contributed by atoms with Gasteiger partial charge in [-0.25, -0.2) is 9.48 Å². The molecule has 0 saturated carbocycles. The third-order valence-electron chi connectivity index (χ3n) is 8.84. The Hall–Kier alpha value is -5.11. The van der Waals surface area contributed by atoms with Crippen molar-refractivity contribution in [1.82, 2.24) is 14.7 Å². The monoisotopic (exact) mass is 629 g/mol. The second-order valence-corrected chi connectivity index (χ2v) is 13.6. The fourth-order valence-electron chi connectivity index (χ4n) is 6.01. The average molecular weight is 630 g/mol. The lowest BCUT2D eigenvalue weighted by Gasteiger charge is -2.32. The van der Waals surface area contributed by atoms with Gasteiger partial charge in [0.15, 0.2) is 0 Å². The van der Waals surface area contributed by atoms with E-state index in [0.29, 0.717) is 23.1 Å². The van der Waals surface area contributed by atoms with Gasteiger partial charge in [0.2, 0.25) is 0 Å². The predicted octanol–water partition coefficient (Wildman–Crippen LogP) is 8.79. The summed E-state index contributed by atoms with van der Waals surface area (Å²) in [5.74, 6) is 2.52. The molecule has 2 aromatic heterocycles. The third kappa shape index (κ3) is 7.49. The Morgan fingerprint density at radius 3 is 2.21 bits per heavy atom. The Morgan fingerprint density at radius 2 is 1.55 bits per heavy atom. The number of aryl methyl sites for hydroxylation is 2. The van der Waals surface area contributed by atoms with Crippen molar-refractivity contribution in [3.05, 3.63) is 119 Å². The van der Waals surface area contributed by atoms with Crippen LogP contribution in [0.15, 0.2) is 95.4 Å². The number of anilines is 2. The first-order valence-electron chi connectivity index (χ1n) is 16.3. The zero-order chi connectivity index (χ0) is 33.1. The largest absolute Gasteiger partial charge is 0.461 e. The van der Waals surface area contributed by atoms with Gasteiger partial charge in [0, 0.05) is 35.8 Å². The number of urea groups is 1. The molecule has 0 bridgehead atoms. The van der Waals surface area contributed by atoms with Crippen LogP contribution in [0.4, 0.5) is 16.3 Å². The predicted molar refractivity (Wildman–Crippen MR) is 187 cm³/mol. The lowest BCUT2D eigenvalue weighted by Crippen LogP contribution is -2.39. The van der Waals surface area contributed by atoms with Crippen molar-refractivity contribution >= 4 is 23.4 Å². The summed E-state index contributed by atoms with van der Waals surface area (Å²) in [7, 11) is 0. The van der Waals surface area contributed by atoms with Crippen LogP contribution in [0.3, 0.4) is 0 Å². The van der Waals surface area contributed by atoms with Gasteiger partial charge >= 0.3 is 6.03 Å². The van der Waals surface area contributed by atoms with Gasteiger partial charge in [-0.3, -0.25) is 10.1 Å². The molecular weight excluding hydrogens is 586 g/mol. The number of nitrogens with one attached hydrogen (secondary N) is 2. The summed E-state index contributed by atoms with van der Waals surface area (Å²) in [5, 5.41) is 10.8. The number of rotatable bonds is 7. The maximum Gasteiger partial charge on any atom is 0.324 e. The number of carbonyl (C=O) groups excluding carboxylic acids is 2. The molecule has 1 aliphatic rings. The molecule has 1 saturated heterocycles. The molecule has 5 aromatic rings. The van der Waals surface area contributed by atoms with Crippen LogP contribution in [-0.4, -0.2) is 39.7 Å². The minimum absolute atomic E-state index is 0.0390. The highest BCUT2D eigenvalue weighted by Crippen LogP contribution is 2.29. The van der Waals surface area contributed by atoms with Gasteiger partial charge in [-0.15, -0.1) is 0 Å². The Labute approximate surface area is 276 Å². The number of furan rings is 1. The number of carbonyl (C=O) groups is 2. The highest BCUT2D eigenvalue weighted by atomic mass is 16.3. The fraction of sp³-hybridized carbons (Fsp3) is 0.308. The van der Waals surface area contributed by atoms with Crippen LogP contribution >= 0.6 is 0 Å². The van der Waals surface area contributed by atoms with Gasteiger partial charge in [-0.1, -0.05) is 80.9 Å². The molecular formula is C39H43N5O3. The highest BCUT2D eigenvalue weighted by molar-refractivity contribution is 5.99. The van der Waals surface area contributed by atoms with Crippen molar-refractivity contribution in [3.63, 3.8) is 0 Å². The van der Waals surface area contributed by atoms with Gasteiger partial charge < -0.3 is 14.6 Å². The smallest absolute Gasteiger partial charge is 0.324 e. The quantitative estimate of drug-likeness (QED) is 0.188. The van der Waals surface area contributed by atoms with Crippen LogP contribution < -0.4 is 10.6 Å². The zero-order valence-electron chi connectivity index (χ0n) is 27.8. The second-order valence-electron chi connectivity index (χ2n) is 13.6. The average Bonchev–Trinajstić information content (AvgIpc) is 3.67. The summed E-state index contributed by atoms with van der Waals surface area (Å²) in [6, 6.07) is 29.4. The summed E-state index contributed by atoms with van der Waals surface area (Å²) in [5.41, 5.74) is 6.30. The maximum atomic E-state index is 13.3. The van der Waals surface area contributed by atoms with Gasteiger partial charge in [0.1, 0.15) is 17.3 Å². The number of likely N-dealkylation sites (tertiary alicyclic amines) is 1. The molecule has 242 valence electrons. The summed E-state index contributed by atoms with van der Waals surface area (Å²) in [6.45, 7) is 11.7. The Bertz CT molecular complexity index is 1840. The molecule has 3 amide bonds. The molecule has 6 rings (SSSR count). The molecule has 0 aliphatic carbocycles. The Kier molecular flexibility index (Phi) is 9.03. The van der Waals surface area contributed by atoms with Crippen molar-refractivity contribution in [2.45, 2.75) is 59.3 Å². The standard InChI is InChI=1S/C39H43N5O3/c1-26-11-17-32(18-12-26)44-36(25-35(42-44)39(3,4)5)41-38(46)40-31-15-13-28(14-16-31)23-29-19-21-43(22-20-29)37(45)33-24-34(47-27(33)2)30-9-7-6-8-10-30/h6-18,24-25,29H,19-23H2,1-5H3,(H2,40,41,46). The third-order valence-corrected chi connectivity index (χ3v) is 8.84. The van der Waals surface area contributed by atoms with Gasteiger partial charge in [0.25, 0.3) is 5.91 Å². The van der Waals surface area contributed by atoms with Crippen LogP contribution in [-0.2, 0) is 11.8 Å². The maximum absolute atomic E-state index is 13.3. The van der Waals surface area contributed by atoms with E-state index in [0.717, 1.165) is 66.3 Å². The van der Waals surface area contributed by atoms with Gasteiger partial charge in [-0.2, -0.15) is 5.10 Å². The van der Waals surface area contributed by atoms with Crippen molar-refractivity contribution in [3.8, 4) is 17.0 Å². The summed E-state index contributed by atoms with van der Waals surface area (Å²) in [6.07, 6.45) is 2.83. The SMILES string of the molecule is Cc1ccc(-n2nc(C(C)(C)C)cc2NC(=O)Nc2ccc(CC3CCN(C(=O)c4cc(-c5ccccc5)oc4C)CC3)cc2)cc1. The number of hydrogen-bond donors (Lipinski definition) is 2. The molecule has 2 N–H and O–H groups in total. The molecule has 3 aromatic carbocycles. The summed E-state index contributed by atoms with van der Waals surface area (Å²) >= 11 is 0. The first kappa shape index (κ1) is 31.9. The first-order valence-corrected chi connectivity index (χ1v) is 16.3. The molecule has 0 atom stereocenters. The van der Waals surface area contributed by atoms with E-state index in [2.05, 4.69) is 43.5 Å². The van der Waals surface area contributed by atoms with E-state index in [9.17, 15) is 9.59 Å². The molecule has 1 aliphatic heterocycles. The number of amides is 3. The van der Waals surface area contributed by atoms with E-state index < -0.39 is 0 Å². The van der Waals surface area contributed by atoms with Crippen LogP contribution in [0.5, 0.6) is 0 Å². The lowest BCUT2D eigenvalue weighted by atomic mass is 9.90. The number of piperidine rings is 1. The molecule has 0 spiro atoms. The number of aromatic nitrogens is 2. The first-order chi connectivity index (χ1) is 22.5. The lowest BCUT2D eigenvalue weighted by molar-refractivity contribution is 0.0688. The zero-order valence-corrected chi connectivity index (χ0v) is 27.8. The fourth-order valence-corrected chi connectivity index (χ4v) is 6.01. The van der Waals surface area contributed by atoms with Gasteiger partial charge in [-0.05, 0) is 74.9 Å². The molecule has 0 radical (unpaired) electrons. The molecule has 47 heavy (non-hydrogen) atoms. The minimum Gasteiger partial charge on any atom is -0.461 e.